The summed E-state index contributed by atoms with van der Waals surface area (Å²) >= 11 is 0. The second-order valence-electron chi connectivity index (χ2n) is 4.51. The number of carbonyl (C=O) groups excluding carboxylic acids is 1. The Balaban J connectivity index is 1.85. The van der Waals surface area contributed by atoms with E-state index in [9.17, 15) is 13.6 Å². The van der Waals surface area contributed by atoms with Gasteiger partial charge in [-0.05, 0) is 31.4 Å². The quantitative estimate of drug-likeness (QED) is 0.822. The molecule has 1 aromatic rings. The fourth-order valence-corrected chi connectivity index (χ4v) is 2.02. The van der Waals surface area contributed by atoms with Gasteiger partial charge in [-0.3, -0.25) is 4.79 Å². The lowest BCUT2D eigenvalue weighted by molar-refractivity contribution is -0.115. The number of halogens is 2. The normalized spacial score (nSPS) is 18.3. The van der Waals surface area contributed by atoms with Crippen molar-refractivity contribution in [3.05, 3.63) is 42.0 Å². The van der Waals surface area contributed by atoms with Gasteiger partial charge in [-0.15, -0.1) is 0 Å². The highest BCUT2D eigenvalue weighted by atomic mass is 19.1. The summed E-state index contributed by atoms with van der Waals surface area (Å²) < 4.78 is 26.6. The highest BCUT2D eigenvalue weighted by Crippen LogP contribution is 2.17. The van der Waals surface area contributed by atoms with Crippen LogP contribution in [0, 0.1) is 11.6 Å². The van der Waals surface area contributed by atoms with Gasteiger partial charge >= 0.3 is 0 Å². The van der Waals surface area contributed by atoms with Crippen LogP contribution < -0.4 is 10.6 Å². The van der Waals surface area contributed by atoms with E-state index in [2.05, 4.69) is 22.8 Å². The van der Waals surface area contributed by atoms with Crippen LogP contribution in [0.2, 0.25) is 0 Å². The zero-order chi connectivity index (χ0) is 13.7. The van der Waals surface area contributed by atoms with E-state index in [0.29, 0.717) is 0 Å². The Morgan fingerprint density at radius 1 is 1.26 bits per heavy atom. The van der Waals surface area contributed by atoms with Crippen molar-refractivity contribution in [3.63, 3.8) is 0 Å². The molecule has 0 spiro atoms. The summed E-state index contributed by atoms with van der Waals surface area (Å²) in [7, 11) is 0. The second-order valence-corrected chi connectivity index (χ2v) is 4.51. The van der Waals surface area contributed by atoms with Crippen LogP contribution in [0.5, 0.6) is 0 Å². The number of hydrogen-bond acceptors (Lipinski definition) is 2. The Bertz CT molecular complexity index is 468. The van der Waals surface area contributed by atoms with E-state index in [1.54, 1.807) is 0 Å². The lowest BCUT2D eigenvalue weighted by atomic mass is 10.0. The maximum absolute atomic E-state index is 13.3. The molecule has 1 atom stereocenters. The Hall–Kier alpha value is -1.75. The summed E-state index contributed by atoms with van der Waals surface area (Å²) in [4.78, 5) is 11.6. The minimum absolute atomic E-state index is 0.0479. The first-order valence-corrected chi connectivity index (χ1v) is 6.29. The summed E-state index contributed by atoms with van der Waals surface area (Å²) in [5, 5.41) is 5.32. The highest BCUT2D eigenvalue weighted by Gasteiger charge is 2.14. The third-order valence-electron chi connectivity index (χ3n) is 3.05. The molecule has 0 saturated carbocycles. The molecule has 5 heteroatoms. The van der Waals surface area contributed by atoms with E-state index in [-0.39, 0.29) is 12.6 Å². The molecule has 0 fully saturated rings. The van der Waals surface area contributed by atoms with Crippen LogP contribution in [0.3, 0.4) is 0 Å². The predicted octanol–water partition coefficient (Wildman–Crippen LogP) is 2.60. The third kappa shape index (κ3) is 3.86. The number of anilines is 1. The van der Waals surface area contributed by atoms with Crippen molar-refractivity contribution in [3.8, 4) is 0 Å². The van der Waals surface area contributed by atoms with Gasteiger partial charge in [0.2, 0.25) is 5.91 Å². The maximum Gasteiger partial charge on any atom is 0.238 e. The fraction of sp³-hybridized carbons (Fsp3) is 0.357. The molecule has 0 heterocycles. The summed E-state index contributed by atoms with van der Waals surface area (Å²) in [6.45, 7) is 0.0479. The SMILES string of the molecule is O=C(CNC1CC=CCC1)Nc1c(F)cccc1F. The van der Waals surface area contributed by atoms with Crippen LogP contribution in [0.1, 0.15) is 19.3 Å². The molecule has 3 nitrogen and oxygen atoms in total. The summed E-state index contributed by atoms with van der Waals surface area (Å²) in [5.74, 6) is -1.98. The molecule has 1 unspecified atom stereocenters. The predicted molar refractivity (Wildman–Crippen MR) is 69.8 cm³/mol. The molecule has 0 aromatic heterocycles. The first-order chi connectivity index (χ1) is 9.16. The Labute approximate surface area is 110 Å². The minimum atomic E-state index is -0.769. The zero-order valence-corrected chi connectivity index (χ0v) is 10.5. The molecule has 2 rings (SSSR count). The molecule has 0 saturated heterocycles. The van der Waals surface area contributed by atoms with Crippen molar-refractivity contribution in [1.82, 2.24) is 5.32 Å². The minimum Gasteiger partial charge on any atom is -0.320 e. The lowest BCUT2D eigenvalue weighted by Crippen LogP contribution is -2.36. The average molecular weight is 266 g/mol. The van der Waals surface area contributed by atoms with Gasteiger partial charge in [0.05, 0.1) is 6.54 Å². The average Bonchev–Trinajstić information content (AvgIpc) is 2.42. The number of benzene rings is 1. The van der Waals surface area contributed by atoms with Crippen molar-refractivity contribution >= 4 is 11.6 Å². The van der Waals surface area contributed by atoms with Crippen LogP contribution >= 0.6 is 0 Å². The van der Waals surface area contributed by atoms with Crippen LogP contribution in [0.15, 0.2) is 30.4 Å². The van der Waals surface area contributed by atoms with Crippen molar-refractivity contribution in [1.29, 1.82) is 0 Å². The van der Waals surface area contributed by atoms with E-state index in [0.717, 1.165) is 31.4 Å². The van der Waals surface area contributed by atoms with Crippen molar-refractivity contribution < 1.29 is 13.6 Å². The molecule has 0 aliphatic heterocycles. The fourth-order valence-electron chi connectivity index (χ4n) is 2.02. The van der Waals surface area contributed by atoms with Gasteiger partial charge < -0.3 is 10.6 Å². The molecule has 2 N–H and O–H groups in total. The molecule has 19 heavy (non-hydrogen) atoms. The van der Waals surface area contributed by atoms with E-state index in [4.69, 9.17) is 0 Å². The Morgan fingerprint density at radius 3 is 2.63 bits per heavy atom. The molecule has 0 radical (unpaired) electrons. The van der Waals surface area contributed by atoms with E-state index in [1.165, 1.54) is 6.07 Å². The molecule has 1 aliphatic rings. The number of nitrogens with one attached hydrogen (secondary N) is 2. The standard InChI is InChI=1S/C14H16F2N2O/c15-11-7-4-8-12(16)14(11)18-13(19)9-17-10-5-2-1-3-6-10/h1-2,4,7-8,10,17H,3,5-6,9H2,(H,18,19). The monoisotopic (exact) mass is 266 g/mol. The van der Waals surface area contributed by atoms with E-state index in [1.807, 2.05) is 0 Å². The zero-order valence-electron chi connectivity index (χ0n) is 10.5. The van der Waals surface area contributed by atoms with Gasteiger partial charge in [-0.1, -0.05) is 18.2 Å². The Kier molecular flexibility index (Phi) is 4.63. The van der Waals surface area contributed by atoms with Gasteiger partial charge in [0, 0.05) is 6.04 Å². The van der Waals surface area contributed by atoms with Crippen LogP contribution in [0.25, 0.3) is 0 Å². The first kappa shape index (κ1) is 13.7. The largest absolute Gasteiger partial charge is 0.320 e. The van der Waals surface area contributed by atoms with Gasteiger partial charge in [0.15, 0.2) is 0 Å². The molecule has 1 aromatic carbocycles. The van der Waals surface area contributed by atoms with Gasteiger partial charge in [0.25, 0.3) is 0 Å². The van der Waals surface area contributed by atoms with Crippen molar-refractivity contribution in [2.45, 2.75) is 25.3 Å². The number of carbonyl (C=O) groups is 1. The summed E-state index contributed by atoms with van der Waals surface area (Å²) in [5.41, 5.74) is -0.391. The highest BCUT2D eigenvalue weighted by molar-refractivity contribution is 5.92. The van der Waals surface area contributed by atoms with Crippen molar-refractivity contribution in [2.75, 3.05) is 11.9 Å². The molecular formula is C14H16F2N2O. The molecule has 1 aliphatic carbocycles. The molecule has 1 amide bonds. The smallest absolute Gasteiger partial charge is 0.238 e. The van der Waals surface area contributed by atoms with Crippen molar-refractivity contribution in [2.24, 2.45) is 0 Å². The number of allylic oxidation sites excluding steroid dienone is 1. The Morgan fingerprint density at radius 2 is 2.00 bits per heavy atom. The third-order valence-corrected chi connectivity index (χ3v) is 3.05. The number of amides is 1. The van der Waals surface area contributed by atoms with Gasteiger partial charge in [-0.2, -0.15) is 0 Å². The van der Waals surface area contributed by atoms with Crippen LogP contribution in [0.4, 0.5) is 14.5 Å². The number of para-hydroxylation sites is 1. The van der Waals surface area contributed by atoms with Crippen LogP contribution in [-0.2, 0) is 4.79 Å². The number of hydrogen-bond donors (Lipinski definition) is 2. The molecule has 102 valence electrons. The van der Waals surface area contributed by atoms with E-state index < -0.39 is 23.2 Å². The second kappa shape index (κ2) is 6.43. The molecular weight excluding hydrogens is 250 g/mol. The lowest BCUT2D eigenvalue weighted by Gasteiger charge is -2.19. The summed E-state index contributed by atoms with van der Waals surface area (Å²) in [6.07, 6.45) is 7.00. The summed E-state index contributed by atoms with van der Waals surface area (Å²) in [6, 6.07) is 3.73. The van der Waals surface area contributed by atoms with E-state index >= 15 is 0 Å². The number of rotatable bonds is 4. The topological polar surface area (TPSA) is 41.1 Å². The first-order valence-electron chi connectivity index (χ1n) is 6.29. The van der Waals surface area contributed by atoms with Gasteiger partial charge in [0.1, 0.15) is 17.3 Å². The van der Waals surface area contributed by atoms with Gasteiger partial charge in [-0.25, -0.2) is 8.78 Å². The molecule has 0 bridgehead atoms. The maximum atomic E-state index is 13.3. The van der Waals surface area contributed by atoms with Crippen LogP contribution in [-0.4, -0.2) is 18.5 Å².